The Morgan fingerprint density at radius 1 is 0.833 bits per heavy atom. The molecule has 0 radical (unpaired) electrons. The molecular formula is C17H20O. The Morgan fingerprint density at radius 2 is 1.22 bits per heavy atom. The largest absolute Gasteiger partial charge is 0.395 e. The fraction of sp³-hybridized carbons (Fsp3) is 0.294. The molecule has 0 saturated carbocycles. The molecule has 2 aromatic rings. The molecule has 0 saturated heterocycles. The lowest BCUT2D eigenvalue weighted by atomic mass is 9.73. The van der Waals surface area contributed by atoms with Crippen molar-refractivity contribution in [1.29, 1.82) is 0 Å². The van der Waals surface area contributed by atoms with Gasteiger partial charge in [-0.15, -0.1) is 0 Å². The van der Waals surface area contributed by atoms with Crippen LogP contribution in [0.4, 0.5) is 0 Å². The van der Waals surface area contributed by atoms with Gasteiger partial charge in [-0.05, 0) is 43.0 Å². The van der Waals surface area contributed by atoms with E-state index in [9.17, 15) is 5.11 Å². The maximum Gasteiger partial charge on any atom is 0.0566 e. The SMILES string of the molecule is Cc1ccccc1C(C)(CO)c1ccccc1C. The van der Waals surface area contributed by atoms with Crippen LogP contribution < -0.4 is 0 Å². The first kappa shape index (κ1) is 12.8. The number of aryl methyl sites for hydroxylation is 2. The van der Waals surface area contributed by atoms with Gasteiger partial charge in [0.1, 0.15) is 0 Å². The van der Waals surface area contributed by atoms with Crippen molar-refractivity contribution < 1.29 is 5.11 Å². The molecule has 0 atom stereocenters. The lowest BCUT2D eigenvalue weighted by Crippen LogP contribution is -2.30. The van der Waals surface area contributed by atoms with Gasteiger partial charge in [0.05, 0.1) is 6.61 Å². The van der Waals surface area contributed by atoms with E-state index < -0.39 is 0 Å². The molecule has 0 spiro atoms. The van der Waals surface area contributed by atoms with E-state index in [1.54, 1.807) is 0 Å². The zero-order valence-electron chi connectivity index (χ0n) is 11.3. The van der Waals surface area contributed by atoms with Gasteiger partial charge in [-0.25, -0.2) is 0 Å². The van der Waals surface area contributed by atoms with Gasteiger partial charge >= 0.3 is 0 Å². The average molecular weight is 240 g/mol. The monoisotopic (exact) mass is 240 g/mol. The van der Waals surface area contributed by atoms with Crippen LogP contribution in [0.3, 0.4) is 0 Å². The van der Waals surface area contributed by atoms with E-state index >= 15 is 0 Å². The molecule has 18 heavy (non-hydrogen) atoms. The third-order valence-corrected chi connectivity index (χ3v) is 3.80. The van der Waals surface area contributed by atoms with Crippen LogP contribution in [-0.2, 0) is 5.41 Å². The van der Waals surface area contributed by atoms with Crippen LogP contribution in [0.1, 0.15) is 29.2 Å². The van der Waals surface area contributed by atoms with E-state index in [1.165, 1.54) is 22.3 Å². The first-order valence-corrected chi connectivity index (χ1v) is 6.32. The second-order valence-corrected chi connectivity index (χ2v) is 5.12. The molecule has 1 heteroatoms. The third kappa shape index (κ3) is 2.06. The summed E-state index contributed by atoms with van der Waals surface area (Å²) in [6.45, 7) is 6.42. The van der Waals surface area contributed by atoms with E-state index in [1.807, 2.05) is 24.3 Å². The summed E-state index contributed by atoms with van der Waals surface area (Å²) in [5.74, 6) is 0. The Labute approximate surface area is 109 Å². The van der Waals surface area contributed by atoms with E-state index in [2.05, 4.69) is 45.0 Å². The maximum absolute atomic E-state index is 9.94. The highest BCUT2D eigenvalue weighted by Crippen LogP contribution is 2.35. The Kier molecular flexibility index (Phi) is 3.53. The quantitative estimate of drug-likeness (QED) is 0.869. The number of aliphatic hydroxyl groups excluding tert-OH is 1. The summed E-state index contributed by atoms with van der Waals surface area (Å²) in [6, 6.07) is 16.6. The summed E-state index contributed by atoms with van der Waals surface area (Å²) < 4.78 is 0. The molecular weight excluding hydrogens is 220 g/mol. The Balaban J connectivity index is 2.63. The van der Waals surface area contributed by atoms with Crippen LogP contribution in [0.15, 0.2) is 48.5 Å². The molecule has 0 aromatic heterocycles. The fourth-order valence-corrected chi connectivity index (χ4v) is 2.70. The fourth-order valence-electron chi connectivity index (χ4n) is 2.70. The Hall–Kier alpha value is -1.60. The van der Waals surface area contributed by atoms with Gasteiger partial charge in [-0.1, -0.05) is 48.5 Å². The van der Waals surface area contributed by atoms with Crippen molar-refractivity contribution in [2.45, 2.75) is 26.2 Å². The highest BCUT2D eigenvalue weighted by molar-refractivity contribution is 5.45. The van der Waals surface area contributed by atoms with Crippen LogP contribution in [0.5, 0.6) is 0 Å². The summed E-state index contributed by atoms with van der Waals surface area (Å²) in [7, 11) is 0. The molecule has 1 nitrogen and oxygen atoms in total. The van der Waals surface area contributed by atoms with Crippen molar-refractivity contribution in [2.24, 2.45) is 0 Å². The maximum atomic E-state index is 9.94. The molecule has 2 aromatic carbocycles. The van der Waals surface area contributed by atoms with Gasteiger partial charge in [0.2, 0.25) is 0 Å². The number of hydrogen-bond acceptors (Lipinski definition) is 1. The number of hydrogen-bond donors (Lipinski definition) is 1. The predicted octanol–water partition coefficient (Wildman–Crippen LogP) is 3.60. The van der Waals surface area contributed by atoms with Crippen LogP contribution in [0.2, 0.25) is 0 Å². The molecule has 94 valence electrons. The minimum atomic E-state index is -0.337. The van der Waals surface area contributed by atoms with Crippen molar-refractivity contribution in [3.8, 4) is 0 Å². The molecule has 0 aliphatic rings. The number of rotatable bonds is 3. The first-order chi connectivity index (χ1) is 8.59. The van der Waals surface area contributed by atoms with E-state index in [4.69, 9.17) is 0 Å². The van der Waals surface area contributed by atoms with Crippen molar-refractivity contribution in [3.05, 3.63) is 70.8 Å². The van der Waals surface area contributed by atoms with Gasteiger partial charge in [-0.2, -0.15) is 0 Å². The average Bonchev–Trinajstić information content (AvgIpc) is 2.39. The molecule has 0 heterocycles. The van der Waals surface area contributed by atoms with Gasteiger partial charge in [0.25, 0.3) is 0 Å². The van der Waals surface area contributed by atoms with Crippen LogP contribution in [0, 0.1) is 13.8 Å². The number of benzene rings is 2. The van der Waals surface area contributed by atoms with Crippen molar-refractivity contribution in [2.75, 3.05) is 6.61 Å². The molecule has 0 fully saturated rings. The van der Waals surface area contributed by atoms with Gasteiger partial charge in [0, 0.05) is 5.41 Å². The Morgan fingerprint density at radius 3 is 1.56 bits per heavy atom. The third-order valence-electron chi connectivity index (χ3n) is 3.80. The molecule has 0 unspecified atom stereocenters. The van der Waals surface area contributed by atoms with E-state index in [-0.39, 0.29) is 12.0 Å². The van der Waals surface area contributed by atoms with E-state index in [0.29, 0.717) is 0 Å². The van der Waals surface area contributed by atoms with E-state index in [0.717, 1.165) is 0 Å². The lowest BCUT2D eigenvalue weighted by molar-refractivity contribution is 0.230. The van der Waals surface area contributed by atoms with Crippen LogP contribution in [-0.4, -0.2) is 11.7 Å². The zero-order chi connectivity index (χ0) is 13.2. The minimum absolute atomic E-state index is 0.114. The second kappa shape index (κ2) is 4.95. The van der Waals surface area contributed by atoms with Crippen molar-refractivity contribution >= 4 is 0 Å². The number of aliphatic hydroxyl groups is 1. The predicted molar refractivity (Wildman–Crippen MR) is 75.9 cm³/mol. The van der Waals surface area contributed by atoms with Gasteiger partial charge in [0.15, 0.2) is 0 Å². The Bertz CT molecular complexity index is 497. The summed E-state index contributed by atoms with van der Waals surface area (Å²) in [6.07, 6.45) is 0. The minimum Gasteiger partial charge on any atom is -0.395 e. The molecule has 0 aliphatic heterocycles. The standard InChI is InChI=1S/C17H20O/c1-13-8-4-6-10-15(13)17(3,12-18)16-11-7-5-9-14(16)2/h4-11,18H,12H2,1-3H3. The zero-order valence-corrected chi connectivity index (χ0v) is 11.3. The molecule has 0 aliphatic carbocycles. The van der Waals surface area contributed by atoms with Gasteiger partial charge in [-0.3, -0.25) is 0 Å². The normalized spacial score (nSPS) is 11.6. The highest BCUT2D eigenvalue weighted by Gasteiger charge is 2.30. The van der Waals surface area contributed by atoms with Crippen molar-refractivity contribution in [1.82, 2.24) is 0 Å². The summed E-state index contributed by atoms with van der Waals surface area (Å²) >= 11 is 0. The summed E-state index contributed by atoms with van der Waals surface area (Å²) in [5.41, 5.74) is 4.50. The summed E-state index contributed by atoms with van der Waals surface area (Å²) in [4.78, 5) is 0. The second-order valence-electron chi connectivity index (χ2n) is 5.12. The van der Waals surface area contributed by atoms with Crippen LogP contribution >= 0.6 is 0 Å². The molecule has 0 amide bonds. The highest BCUT2D eigenvalue weighted by atomic mass is 16.3. The van der Waals surface area contributed by atoms with Crippen LogP contribution in [0.25, 0.3) is 0 Å². The van der Waals surface area contributed by atoms with Gasteiger partial charge < -0.3 is 5.11 Å². The lowest BCUT2D eigenvalue weighted by Gasteiger charge is -2.31. The molecule has 2 rings (SSSR count). The molecule has 0 bridgehead atoms. The summed E-state index contributed by atoms with van der Waals surface area (Å²) in [5, 5.41) is 9.94. The topological polar surface area (TPSA) is 20.2 Å². The van der Waals surface area contributed by atoms with Crippen molar-refractivity contribution in [3.63, 3.8) is 0 Å². The first-order valence-electron chi connectivity index (χ1n) is 6.32. The smallest absolute Gasteiger partial charge is 0.0566 e. The molecule has 1 N–H and O–H groups in total.